The van der Waals surface area contributed by atoms with Crippen LogP contribution >= 0.6 is 0 Å². The van der Waals surface area contributed by atoms with Crippen LogP contribution in [0.15, 0.2) is 0 Å². The first-order chi connectivity index (χ1) is 8.61. The van der Waals surface area contributed by atoms with Crippen LogP contribution in [0, 0.1) is 11.8 Å². The summed E-state index contributed by atoms with van der Waals surface area (Å²) in [6, 6.07) is 0. The zero-order valence-electron chi connectivity index (χ0n) is 11.2. The molecule has 1 saturated carbocycles. The van der Waals surface area contributed by atoms with Crippen molar-refractivity contribution < 1.29 is 8.42 Å². The lowest BCUT2D eigenvalue weighted by molar-refractivity contribution is 0.161. The number of rotatable bonds is 3. The summed E-state index contributed by atoms with van der Waals surface area (Å²) in [6.45, 7) is 3.50. The molecule has 0 amide bonds. The Kier molecular flexibility index (Phi) is 5.04. The topological polar surface area (TPSA) is 63.4 Å². The SMILES string of the molecule is NCC1CCCCC1CN1CCCS(=O)(=O)CC1. The second kappa shape index (κ2) is 6.35. The number of nitrogens with zero attached hydrogens (tertiary/aromatic N) is 1. The van der Waals surface area contributed by atoms with E-state index >= 15 is 0 Å². The second-order valence-corrected chi connectivity index (χ2v) is 8.15. The fourth-order valence-corrected chi connectivity index (χ4v) is 4.65. The molecule has 0 radical (unpaired) electrons. The van der Waals surface area contributed by atoms with Crippen LogP contribution in [0.25, 0.3) is 0 Å². The van der Waals surface area contributed by atoms with E-state index in [9.17, 15) is 8.42 Å². The van der Waals surface area contributed by atoms with Gasteiger partial charge in [0.25, 0.3) is 0 Å². The van der Waals surface area contributed by atoms with Crippen molar-refractivity contribution in [2.45, 2.75) is 32.1 Å². The van der Waals surface area contributed by atoms with E-state index in [-0.39, 0.29) is 0 Å². The van der Waals surface area contributed by atoms with E-state index in [2.05, 4.69) is 4.90 Å². The normalized spacial score (nSPS) is 34.1. The second-order valence-electron chi connectivity index (χ2n) is 5.85. The quantitative estimate of drug-likeness (QED) is 0.829. The van der Waals surface area contributed by atoms with Crippen molar-refractivity contribution in [3.63, 3.8) is 0 Å². The lowest BCUT2D eigenvalue weighted by Gasteiger charge is -2.34. The average Bonchev–Trinajstić information content (AvgIpc) is 2.52. The molecule has 1 aliphatic heterocycles. The molecule has 0 aromatic rings. The Bertz CT molecular complexity index is 356. The Morgan fingerprint density at radius 3 is 2.44 bits per heavy atom. The first kappa shape index (κ1) is 14.3. The Balaban J connectivity index is 1.88. The summed E-state index contributed by atoms with van der Waals surface area (Å²) in [4.78, 5) is 2.35. The monoisotopic (exact) mass is 274 g/mol. The van der Waals surface area contributed by atoms with E-state index in [1.165, 1.54) is 25.7 Å². The molecule has 1 aliphatic carbocycles. The Hall–Kier alpha value is -0.130. The van der Waals surface area contributed by atoms with Crippen LogP contribution in [0.4, 0.5) is 0 Å². The molecule has 4 nitrogen and oxygen atoms in total. The van der Waals surface area contributed by atoms with E-state index in [0.29, 0.717) is 23.3 Å². The van der Waals surface area contributed by atoms with Crippen LogP contribution in [0.1, 0.15) is 32.1 Å². The van der Waals surface area contributed by atoms with Crippen LogP contribution in [0.2, 0.25) is 0 Å². The molecular weight excluding hydrogens is 248 g/mol. The maximum Gasteiger partial charge on any atom is 0.151 e. The van der Waals surface area contributed by atoms with Crippen LogP contribution < -0.4 is 5.73 Å². The van der Waals surface area contributed by atoms with Crippen molar-refractivity contribution in [3.05, 3.63) is 0 Å². The highest BCUT2D eigenvalue weighted by molar-refractivity contribution is 7.91. The summed E-state index contributed by atoms with van der Waals surface area (Å²) in [7, 11) is -2.78. The van der Waals surface area contributed by atoms with Gasteiger partial charge in [0, 0.05) is 13.1 Å². The highest BCUT2D eigenvalue weighted by atomic mass is 32.2. The maximum atomic E-state index is 11.6. The highest BCUT2D eigenvalue weighted by Crippen LogP contribution is 2.30. The molecule has 0 aromatic heterocycles. The van der Waals surface area contributed by atoms with Crippen molar-refractivity contribution in [3.8, 4) is 0 Å². The molecule has 1 heterocycles. The maximum absolute atomic E-state index is 11.6. The first-order valence-electron chi connectivity index (χ1n) is 7.23. The smallest absolute Gasteiger partial charge is 0.151 e. The molecule has 1 saturated heterocycles. The van der Waals surface area contributed by atoms with Gasteiger partial charge in [-0.1, -0.05) is 12.8 Å². The third-order valence-corrected chi connectivity index (χ3v) is 6.23. The van der Waals surface area contributed by atoms with Gasteiger partial charge >= 0.3 is 0 Å². The Morgan fingerprint density at radius 2 is 1.72 bits per heavy atom. The van der Waals surface area contributed by atoms with Crippen LogP contribution in [0.5, 0.6) is 0 Å². The van der Waals surface area contributed by atoms with Crippen molar-refractivity contribution in [1.82, 2.24) is 4.90 Å². The molecule has 2 N–H and O–H groups in total. The van der Waals surface area contributed by atoms with E-state index in [1.807, 2.05) is 0 Å². The van der Waals surface area contributed by atoms with Crippen molar-refractivity contribution in [2.75, 3.05) is 37.7 Å². The largest absolute Gasteiger partial charge is 0.330 e. The molecule has 18 heavy (non-hydrogen) atoms. The predicted octanol–water partition coefficient (Wildman–Crippen LogP) is 0.872. The molecule has 2 aliphatic rings. The Morgan fingerprint density at radius 1 is 1.00 bits per heavy atom. The molecule has 0 bridgehead atoms. The molecule has 2 atom stereocenters. The average molecular weight is 274 g/mol. The van der Waals surface area contributed by atoms with E-state index in [0.717, 1.165) is 32.6 Å². The zero-order chi connectivity index (χ0) is 13.0. The Labute approximate surface area is 111 Å². The third kappa shape index (κ3) is 3.93. The van der Waals surface area contributed by atoms with Crippen molar-refractivity contribution in [1.29, 1.82) is 0 Å². The molecule has 106 valence electrons. The van der Waals surface area contributed by atoms with Gasteiger partial charge in [0.1, 0.15) is 0 Å². The van der Waals surface area contributed by atoms with Gasteiger partial charge in [-0.15, -0.1) is 0 Å². The number of sulfone groups is 1. The summed E-state index contributed by atoms with van der Waals surface area (Å²) in [5.74, 6) is 2.05. The molecule has 5 heteroatoms. The summed E-state index contributed by atoms with van der Waals surface area (Å²) < 4.78 is 23.2. The van der Waals surface area contributed by atoms with Crippen LogP contribution in [-0.4, -0.2) is 51.0 Å². The fourth-order valence-electron chi connectivity index (χ4n) is 3.34. The van der Waals surface area contributed by atoms with E-state index in [4.69, 9.17) is 5.73 Å². The third-order valence-electron chi connectivity index (χ3n) is 4.51. The van der Waals surface area contributed by atoms with Crippen LogP contribution in [-0.2, 0) is 9.84 Å². The summed E-state index contributed by atoms with van der Waals surface area (Å²) >= 11 is 0. The van der Waals surface area contributed by atoms with E-state index in [1.54, 1.807) is 0 Å². The fraction of sp³-hybridized carbons (Fsp3) is 1.00. The van der Waals surface area contributed by atoms with Gasteiger partial charge in [-0.25, -0.2) is 8.42 Å². The van der Waals surface area contributed by atoms with Gasteiger partial charge in [-0.05, 0) is 44.2 Å². The van der Waals surface area contributed by atoms with Gasteiger partial charge < -0.3 is 10.6 Å². The number of nitrogens with two attached hydrogens (primary N) is 1. The summed E-state index contributed by atoms with van der Waals surface area (Å²) in [5.41, 5.74) is 5.86. The molecule has 2 fully saturated rings. The highest BCUT2D eigenvalue weighted by Gasteiger charge is 2.27. The minimum atomic E-state index is -2.78. The minimum absolute atomic E-state index is 0.340. The van der Waals surface area contributed by atoms with E-state index < -0.39 is 9.84 Å². The van der Waals surface area contributed by atoms with Gasteiger partial charge in [-0.3, -0.25) is 0 Å². The van der Waals surface area contributed by atoms with Gasteiger partial charge in [-0.2, -0.15) is 0 Å². The number of hydrogen-bond donors (Lipinski definition) is 1. The summed E-state index contributed by atoms with van der Waals surface area (Å²) in [5, 5.41) is 0. The van der Waals surface area contributed by atoms with Crippen LogP contribution in [0.3, 0.4) is 0 Å². The van der Waals surface area contributed by atoms with Gasteiger partial charge in [0.15, 0.2) is 9.84 Å². The van der Waals surface area contributed by atoms with Gasteiger partial charge in [0.2, 0.25) is 0 Å². The van der Waals surface area contributed by atoms with Gasteiger partial charge in [0.05, 0.1) is 11.5 Å². The summed E-state index contributed by atoms with van der Waals surface area (Å²) in [6.07, 6.45) is 5.95. The zero-order valence-corrected chi connectivity index (χ0v) is 12.0. The molecular formula is C13H26N2O2S. The first-order valence-corrected chi connectivity index (χ1v) is 9.06. The standard InChI is InChI=1S/C13H26N2O2S/c14-10-12-4-1-2-5-13(12)11-15-6-3-8-18(16,17)9-7-15/h12-13H,1-11,14H2. The minimum Gasteiger partial charge on any atom is -0.330 e. The molecule has 0 aromatic carbocycles. The lowest BCUT2D eigenvalue weighted by atomic mass is 9.79. The predicted molar refractivity (Wildman–Crippen MR) is 74.2 cm³/mol. The molecule has 0 spiro atoms. The number of hydrogen-bond acceptors (Lipinski definition) is 4. The van der Waals surface area contributed by atoms with Crippen molar-refractivity contribution in [2.24, 2.45) is 17.6 Å². The lowest BCUT2D eigenvalue weighted by Crippen LogP contribution is -2.38. The molecule has 2 unspecified atom stereocenters. The molecule has 2 rings (SSSR count). The van der Waals surface area contributed by atoms with Crippen molar-refractivity contribution >= 4 is 9.84 Å².